The van der Waals surface area contributed by atoms with Gasteiger partial charge in [-0.3, -0.25) is 5.32 Å². The van der Waals surface area contributed by atoms with E-state index in [9.17, 15) is 9.59 Å². The molecule has 1 rings (SSSR count). The molecular weight excluding hydrogens is 282 g/mol. The fraction of sp³-hybridized carbons (Fsp3) is 0.667. The Bertz CT molecular complexity index is 482. The monoisotopic (exact) mass is 301 g/mol. The quantitative estimate of drug-likeness (QED) is 0.304. The summed E-state index contributed by atoms with van der Waals surface area (Å²) in [7, 11) is 1.14. The SMILES string of the molecule is COC(=O)C1(NC(=O)OC(C)(C)C)C(=NO)C1CC=NO. The van der Waals surface area contributed by atoms with E-state index in [-0.39, 0.29) is 12.1 Å². The number of carbonyl (C=O) groups excluding carboxylic acids is 2. The highest BCUT2D eigenvalue weighted by molar-refractivity contribution is 6.29. The zero-order valence-corrected chi connectivity index (χ0v) is 12.3. The molecule has 1 fully saturated rings. The Kier molecular flexibility index (Phi) is 4.77. The summed E-state index contributed by atoms with van der Waals surface area (Å²) in [6.07, 6.45) is 0.357. The van der Waals surface area contributed by atoms with Gasteiger partial charge in [-0.25, -0.2) is 9.59 Å². The lowest BCUT2D eigenvalue weighted by atomic mass is 10.1. The molecule has 0 spiro atoms. The maximum atomic E-state index is 11.9. The number of amides is 1. The van der Waals surface area contributed by atoms with Crippen molar-refractivity contribution in [2.24, 2.45) is 16.2 Å². The minimum absolute atomic E-state index is 0.0140. The second-order valence-electron chi connectivity index (χ2n) is 5.50. The predicted molar refractivity (Wildman–Crippen MR) is 71.7 cm³/mol. The van der Waals surface area contributed by atoms with Crippen molar-refractivity contribution < 1.29 is 29.5 Å². The van der Waals surface area contributed by atoms with Crippen LogP contribution in [0.5, 0.6) is 0 Å². The number of hydrogen-bond acceptors (Lipinski definition) is 8. The molecule has 0 saturated heterocycles. The first-order chi connectivity index (χ1) is 9.72. The van der Waals surface area contributed by atoms with E-state index >= 15 is 0 Å². The summed E-state index contributed by atoms with van der Waals surface area (Å²) >= 11 is 0. The number of oxime groups is 2. The molecule has 0 aromatic rings. The van der Waals surface area contributed by atoms with Crippen LogP contribution in [0, 0.1) is 5.92 Å². The maximum Gasteiger partial charge on any atom is 0.408 e. The number of nitrogens with zero attached hydrogens (tertiary/aromatic N) is 2. The second kappa shape index (κ2) is 5.98. The Labute approximate surface area is 121 Å². The Morgan fingerprint density at radius 3 is 2.48 bits per heavy atom. The Morgan fingerprint density at radius 2 is 2.05 bits per heavy atom. The van der Waals surface area contributed by atoms with E-state index in [2.05, 4.69) is 20.4 Å². The first-order valence-corrected chi connectivity index (χ1v) is 6.20. The third-order valence-corrected chi connectivity index (χ3v) is 2.91. The van der Waals surface area contributed by atoms with Crippen molar-refractivity contribution in [2.45, 2.75) is 38.3 Å². The molecule has 1 saturated carbocycles. The summed E-state index contributed by atoms with van der Waals surface area (Å²) in [6, 6.07) is 0. The van der Waals surface area contributed by atoms with Crippen LogP contribution in [0.1, 0.15) is 27.2 Å². The number of carbonyl (C=O) groups is 2. The third-order valence-electron chi connectivity index (χ3n) is 2.91. The molecule has 9 heteroatoms. The van der Waals surface area contributed by atoms with Gasteiger partial charge in [-0.15, -0.1) is 5.16 Å². The fourth-order valence-electron chi connectivity index (χ4n) is 2.04. The van der Waals surface area contributed by atoms with E-state index in [1.165, 1.54) is 0 Å². The van der Waals surface area contributed by atoms with Crippen LogP contribution < -0.4 is 5.32 Å². The molecule has 1 amide bonds. The number of nitrogens with one attached hydrogen (secondary N) is 1. The van der Waals surface area contributed by atoms with Crippen molar-refractivity contribution in [3.8, 4) is 0 Å². The van der Waals surface area contributed by atoms with Crippen LogP contribution in [-0.4, -0.2) is 52.7 Å². The molecule has 3 N–H and O–H groups in total. The van der Waals surface area contributed by atoms with E-state index in [1.54, 1.807) is 20.8 Å². The number of methoxy groups -OCH3 is 1. The highest BCUT2D eigenvalue weighted by atomic mass is 16.6. The smallest absolute Gasteiger partial charge is 0.408 e. The van der Waals surface area contributed by atoms with Crippen LogP contribution >= 0.6 is 0 Å². The van der Waals surface area contributed by atoms with Crippen molar-refractivity contribution in [3.63, 3.8) is 0 Å². The van der Waals surface area contributed by atoms with Crippen LogP contribution in [0.3, 0.4) is 0 Å². The standard InChI is InChI=1S/C12H19N3O6/c1-11(2,3)21-10(17)14-12(9(16)20-4)7(5-6-13-18)8(12)15-19/h6-7,18-19H,5H2,1-4H3,(H,14,17). The Balaban J connectivity index is 2.97. The molecule has 0 radical (unpaired) electrons. The van der Waals surface area contributed by atoms with E-state index in [0.29, 0.717) is 0 Å². The molecule has 0 aromatic heterocycles. The normalized spacial score (nSPS) is 26.7. The van der Waals surface area contributed by atoms with Crippen molar-refractivity contribution in [3.05, 3.63) is 0 Å². The molecule has 0 bridgehead atoms. The molecule has 0 heterocycles. The van der Waals surface area contributed by atoms with Crippen LogP contribution in [0.25, 0.3) is 0 Å². The van der Waals surface area contributed by atoms with Crippen molar-refractivity contribution >= 4 is 24.0 Å². The van der Waals surface area contributed by atoms with Gasteiger partial charge in [-0.05, 0) is 27.2 Å². The average Bonchev–Trinajstić information content (AvgIpc) is 3.00. The molecule has 2 unspecified atom stereocenters. The first-order valence-electron chi connectivity index (χ1n) is 6.20. The highest BCUT2D eigenvalue weighted by Gasteiger charge is 2.70. The van der Waals surface area contributed by atoms with Gasteiger partial charge in [-0.1, -0.05) is 5.16 Å². The zero-order valence-electron chi connectivity index (χ0n) is 12.3. The lowest BCUT2D eigenvalue weighted by molar-refractivity contribution is -0.144. The number of rotatable bonds is 4. The van der Waals surface area contributed by atoms with Gasteiger partial charge in [0.15, 0.2) is 5.54 Å². The fourth-order valence-corrected chi connectivity index (χ4v) is 2.04. The molecule has 0 aliphatic heterocycles. The van der Waals surface area contributed by atoms with Gasteiger partial charge in [-0.2, -0.15) is 0 Å². The van der Waals surface area contributed by atoms with E-state index < -0.39 is 29.1 Å². The zero-order chi connectivity index (χ0) is 16.3. The molecule has 21 heavy (non-hydrogen) atoms. The van der Waals surface area contributed by atoms with Crippen molar-refractivity contribution in [2.75, 3.05) is 7.11 Å². The summed E-state index contributed by atoms with van der Waals surface area (Å²) in [5.74, 6) is -1.46. The molecule has 1 aliphatic rings. The van der Waals surface area contributed by atoms with Gasteiger partial charge in [0, 0.05) is 12.1 Å². The molecule has 1 aliphatic carbocycles. The summed E-state index contributed by atoms with van der Waals surface area (Å²) in [6.45, 7) is 5.00. The Hall–Kier alpha value is -2.32. The van der Waals surface area contributed by atoms with Crippen LogP contribution in [0.15, 0.2) is 10.3 Å². The van der Waals surface area contributed by atoms with Gasteiger partial charge < -0.3 is 19.9 Å². The lowest BCUT2D eigenvalue weighted by Crippen LogP contribution is -2.49. The molecule has 118 valence electrons. The molecule has 2 atom stereocenters. The number of hydrogen-bond donors (Lipinski definition) is 3. The van der Waals surface area contributed by atoms with E-state index in [1.807, 2.05) is 0 Å². The Morgan fingerprint density at radius 1 is 1.43 bits per heavy atom. The summed E-state index contributed by atoms with van der Waals surface area (Å²) in [5.41, 5.74) is -2.35. The van der Waals surface area contributed by atoms with Gasteiger partial charge >= 0.3 is 12.1 Å². The van der Waals surface area contributed by atoms with E-state index in [0.717, 1.165) is 13.3 Å². The first kappa shape index (κ1) is 16.7. The van der Waals surface area contributed by atoms with E-state index in [4.69, 9.17) is 15.2 Å². The highest BCUT2D eigenvalue weighted by Crippen LogP contribution is 2.43. The summed E-state index contributed by atoms with van der Waals surface area (Å²) < 4.78 is 9.72. The van der Waals surface area contributed by atoms with Gasteiger partial charge in [0.25, 0.3) is 0 Å². The third kappa shape index (κ3) is 3.41. The number of alkyl carbamates (subject to hydrolysis) is 1. The summed E-state index contributed by atoms with van der Waals surface area (Å²) in [4.78, 5) is 23.8. The van der Waals surface area contributed by atoms with Crippen LogP contribution in [-0.2, 0) is 14.3 Å². The molecule has 9 nitrogen and oxygen atoms in total. The van der Waals surface area contributed by atoms with Gasteiger partial charge in [0.05, 0.1) is 7.11 Å². The van der Waals surface area contributed by atoms with Gasteiger partial charge in [0.2, 0.25) is 0 Å². The largest absolute Gasteiger partial charge is 0.467 e. The minimum Gasteiger partial charge on any atom is -0.467 e. The summed E-state index contributed by atoms with van der Waals surface area (Å²) in [5, 5.41) is 25.6. The maximum absolute atomic E-state index is 11.9. The number of ether oxygens (including phenoxy) is 2. The van der Waals surface area contributed by atoms with Crippen LogP contribution in [0.4, 0.5) is 4.79 Å². The minimum atomic E-state index is -1.60. The van der Waals surface area contributed by atoms with Crippen molar-refractivity contribution in [1.29, 1.82) is 0 Å². The van der Waals surface area contributed by atoms with Crippen LogP contribution in [0.2, 0.25) is 0 Å². The van der Waals surface area contributed by atoms with Gasteiger partial charge in [0.1, 0.15) is 11.3 Å². The molecule has 0 aromatic carbocycles. The molecular formula is C12H19N3O6. The van der Waals surface area contributed by atoms with Crippen molar-refractivity contribution in [1.82, 2.24) is 5.32 Å². The lowest BCUT2D eigenvalue weighted by Gasteiger charge is -2.22. The number of esters is 1. The predicted octanol–water partition coefficient (Wildman–Crippen LogP) is 0.733. The second-order valence-corrected chi connectivity index (χ2v) is 5.50. The topological polar surface area (TPSA) is 130 Å². The average molecular weight is 301 g/mol.